The summed E-state index contributed by atoms with van der Waals surface area (Å²) in [4.78, 5) is 15.2. The Bertz CT molecular complexity index is 417. The van der Waals surface area contributed by atoms with E-state index in [9.17, 15) is 4.79 Å². The van der Waals surface area contributed by atoms with E-state index >= 15 is 0 Å². The molecule has 116 valence electrons. The van der Waals surface area contributed by atoms with Crippen molar-refractivity contribution in [3.63, 3.8) is 0 Å². The third-order valence-corrected chi connectivity index (χ3v) is 3.75. The van der Waals surface area contributed by atoms with E-state index in [2.05, 4.69) is 9.80 Å². The van der Waals surface area contributed by atoms with Gasteiger partial charge in [-0.15, -0.1) is 0 Å². The highest BCUT2D eigenvalue weighted by molar-refractivity contribution is 5.66. The summed E-state index contributed by atoms with van der Waals surface area (Å²) < 4.78 is 5.71. The molecule has 5 heteroatoms. The van der Waals surface area contributed by atoms with Crippen LogP contribution in [0.3, 0.4) is 0 Å². The zero-order chi connectivity index (χ0) is 14.9. The van der Waals surface area contributed by atoms with Crippen molar-refractivity contribution < 1.29 is 14.6 Å². The van der Waals surface area contributed by atoms with Crippen LogP contribution in [0.1, 0.15) is 12.8 Å². The average molecular weight is 292 g/mol. The van der Waals surface area contributed by atoms with Gasteiger partial charge in [-0.05, 0) is 25.1 Å². The van der Waals surface area contributed by atoms with Gasteiger partial charge in [0.25, 0.3) is 0 Å². The lowest BCUT2D eigenvalue weighted by molar-refractivity contribution is -0.137. The molecule has 1 saturated heterocycles. The van der Waals surface area contributed by atoms with Crippen molar-refractivity contribution >= 4 is 5.97 Å². The highest BCUT2D eigenvalue weighted by atomic mass is 16.5. The molecular formula is C16H24N2O3. The van der Waals surface area contributed by atoms with Crippen molar-refractivity contribution in [1.29, 1.82) is 0 Å². The summed E-state index contributed by atoms with van der Waals surface area (Å²) in [7, 11) is 0. The highest BCUT2D eigenvalue weighted by Gasteiger charge is 2.16. The van der Waals surface area contributed by atoms with E-state index < -0.39 is 5.97 Å². The van der Waals surface area contributed by atoms with Gasteiger partial charge in [-0.3, -0.25) is 9.69 Å². The van der Waals surface area contributed by atoms with Gasteiger partial charge in [0.05, 0.1) is 0 Å². The summed E-state index contributed by atoms with van der Waals surface area (Å²) in [5, 5.41) is 8.64. The molecule has 21 heavy (non-hydrogen) atoms. The van der Waals surface area contributed by atoms with Gasteiger partial charge in [0.2, 0.25) is 0 Å². The minimum Gasteiger partial charge on any atom is -0.492 e. The van der Waals surface area contributed by atoms with E-state index in [4.69, 9.17) is 9.84 Å². The molecule has 2 rings (SSSR count). The maximum Gasteiger partial charge on any atom is 0.303 e. The zero-order valence-electron chi connectivity index (χ0n) is 12.4. The molecule has 0 aliphatic carbocycles. The number of carbonyl (C=O) groups is 1. The van der Waals surface area contributed by atoms with Gasteiger partial charge < -0.3 is 14.7 Å². The van der Waals surface area contributed by atoms with Crippen LogP contribution in [-0.2, 0) is 4.79 Å². The summed E-state index contributed by atoms with van der Waals surface area (Å²) in [6.45, 7) is 6.65. The predicted molar refractivity (Wildman–Crippen MR) is 81.7 cm³/mol. The minimum atomic E-state index is -0.702. The molecule has 1 aromatic carbocycles. The van der Waals surface area contributed by atoms with E-state index in [-0.39, 0.29) is 6.42 Å². The molecule has 1 aromatic rings. The molecule has 1 heterocycles. The Morgan fingerprint density at radius 1 is 1.05 bits per heavy atom. The van der Waals surface area contributed by atoms with Crippen LogP contribution >= 0.6 is 0 Å². The molecular weight excluding hydrogens is 268 g/mol. The maximum atomic E-state index is 10.5. The molecule has 0 unspecified atom stereocenters. The number of benzene rings is 1. The van der Waals surface area contributed by atoms with Crippen LogP contribution in [0.15, 0.2) is 30.3 Å². The molecule has 0 saturated carbocycles. The largest absolute Gasteiger partial charge is 0.492 e. The number of aliphatic carboxylic acids is 1. The van der Waals surface area contributed by atoms with Gasteiger partial charge in [-0.1, -0.05) is 18.2 Å². The Morgan fingerprint density at radius 2 is 1.67 bits per heavy atom. The van der Waals surface area contributed by atoms with Gasteiger partial charge in [0.1, 0.15) is 12.4 Å². The first-order chi connectivity index (χ1) is 10.2. The van der Waals surface area contributed by atoms with Gasteiger partial charge in [-0.2, -0.15) is 0 Å². The summed E-state index contributed by atoms with van der Waals surface area (Å²) in [6, 6.07) is 9.88. The summed E-state index contributed by atoms with van der Waals surface area (Å²) >= 11 is 0. The maximum absolute atomic E-state index is 10.5. The van der Waals surface area contributed by atoms with E-state index in [0.717, 1.165) is 51.4 Å². The van der Waals surface area contributed by atoms with E-state index in [1.165, 1.54) is 0 Å². The molecule has 0 amide bonds. The van der Waals surface area contributed by atoms with Crippen LogP contribution < -0.4 is 4.74 Å². The highest BCUT2D eigenvalue weighted by Crippen LogP contribution is 2.09. The third kappa shape index (κ3) is 6.14. The Kier molecular flexibility index (Phi) is 6.50. The fourth-order valence-electron chi connectivity index (χ4n) is 2.50. The van der Waals surface area contributed by atoms with Crippen molar-refractivity contribution in [2.24, 2.45) is 0 Å². The van der Waals surface area contributed by atoms with Crippen molar-refractivity contribution in [3.8, 4) is 5.75 Å². The van der Waals surface area contributed by atoms with Gasteiger partial charge in [0.15, 0.2) is 0 Å². The standard InChI is InChI=1S/C16H24N2O3/c19-16(20)7-4-8-17-9-11-18(12-10-17)13-14-21-15-5-2-1-3-6-15/h1-3,5-6H,4,7-14H2,(H,19,20). The second-order valence-electron chi connectivity index (χ2n) is 5.34. The fourth-order valence-corrected chi connectivity index (χ4v) is 2.50. The van der Waals surface area contributed by atoms with Gasteiger partial charge >= 0.3 is 5.97 Å². The van der Waals surface area contributed by atoms with Crippen LogP contribution in [0.4, 0.5) is 0 Å². The van der Waals surface area contributed by atoms with Crippen molar-refractivity contribution in [1.82, 2.24) is 9.80 Å². The monoisotopic (exact) mass is 292 g/mol. The average Bonchev–Trinajstić information content (AvgIpc) is 2.50. The predicted octanol–water partition coefficient (Wildman–Crippen LogP) is 1.55. The Labute approximate surface area is 126 Å². The molecule has 1 N–H and O–H groups in total. The normalized spacial score (nSPS) is 16.8. The zero-order valence-corrected chi connectivity index (χ0v) is 12.4. The van der Waals surface area contributed by atoms with Crippen LogP contribution in [0.2, 0.25) is 0 Å². The number of ether oxygens (including phenoxy) is 1. The number of hydrogen-bond donors (Lipinski definition) is 1. The quantitative estimate of drug-likeness (QED) is 0.788. The third-order valence-electron chi connectivity index (χ3n) is 3.75. The molecule has 5 nitrogen and oxygen atoms in total. The molecule has 1 aliphatic rings. The van der Waals surface area contributed by atoms with Crippen LogP contribution in [0.25, 0.3) is 0 Å². The fraction of sp³-hybridized carbons (Fsp3) is 0.562. The van der Waals surface area contributed by atoms with Crippen molar-refractivity contribution in [2.45, 2.75) is 12.8 Å². The van der Waals surface area contributed by atoms with Crippen molar-refractivity contribution in [3.05, 3.63) is 30.3 Å². The lowest BCUT2D eigenvalue weighted by Gasteiger charge is -2.34. The first-order valence-corrected chi connectivity index (χ1v) is 7.58. The van der Waals surface area contributed by atoms with Crippen LogP contribution in [0.5, 0.6) is 5.75 Å². The molecule has 1 fully saturated rings. The molecule has 0 atom stereocenters. The smallest absolute Gasteiger partial charge is 0.303 e. The van der Waals surface area contributed by atoms with Gasteiger partial charge in [0, 0.05) is 39.1 Å². The number of hydrogen-bond acceptors (Lipinski definition) is 4. The Morgan fingerprint density at radius 3 is 2.29 bits per heavy atom. The Hall–Kier alpha value is -1.59. The first kappa shape index (κ1) is 15.8. The number of rotatable bonds is 8. The molecule has 0 bridgehead atoms. The van der Waals surface area contributed by atoms with E-state index in [1.54, 1.807) is 0 Å². The Balaban J connectivity index is 1.55. The van der Waals surface area contributed by atoms with E-state index in [0.29, 0.717) is 6.61 Å². The lowest BCUT2D eigenvalue weighted by atomic mass is 10.2. The molecule has 1 aliphatic heterocycles. The first-order valence-electron chi connectivity index (χ1n) is 7.58. The van der Waals surface area contributed by atoms with E-state index in [1.807, 2.05) is 30.3 Å². The SMILES string of the molecule is O=C(O)CCCN1CCN(CCOc2ccccc2)CC1. The lowest BCUT2D eigenvalue weighted by Crippen LogP contribution is -2.47. The summed E-state index contributed by atoms with van der Waals surface area (Å²) in [5.41, 5.74) is 0. The number of piperazine rings is 1. The summed E-state index contributed by atoms with van der Waals surface area (Å²) in [5.74, 6) is 0.219. The summed E-state index contributed by atoms with van der Waals surface area (Å²) in [6.07, 6.45) is 1.01. The number of nitrogens with zero attached hydrogens (tertiary/aromatic N) is 2. The molecule has 0 radical (unpaired) electrons. The number of carboxylic acids is 1. The second-order valence-corrected chi connectivity index (χ2v) is 5.34. The molecule has 0 spiro atoms. The number of carboxylic acid groups (broad SMARTS) is 1. The number of para-hydroxylation sites is 1. The van der Waals surface area contributed by atoms with Gasteiger partial charge in [-0.25, -0.2) is 0 Å². The van der Waals surface area contributed by atoms with Crippen LogP contribution in [0, 0.1) is 0 Å². The van der Waals surface area contributed by atoms with Crippen molar-refractivity contribution in [2.75, 3.05) is 45.9 Å². The minimum absolute atomic E-state index is 0.269. The molecule has 0 aromatic heterocycles. The van der Waals surface area contributed by atoms with Crippen LogP contribution in [-0.4, -0.2) is 66.8 Å². The topological polar surface area (TPSA) is 53.0 Å². The second kappa shape index (κ2) is 8.64.